The molecule has 1 heterocycles. The van der Waals surface area contributed by atoms with E-state index in [4.69, 9.17) is 9.47 Å². The van der Waals surface area contributed by atoms with Crippen LogP contribution in [0.1, 0.15) is 30.3 Å². The molecule has 3 rings (SSSR count). The second-order valence-electron chi connectivity index (χ2n) is 5.84. The zero-order valence-electron chi connectivity index (χ0n) is 15.2. The van der Waals surface area contributed by atoms with Crippen molar-refractivity contribution in [2.24, 2.45) is 0 Å². The smallest absolute Gasteiger partial charge is 0.167 e. The van der Waals surface area contributed by atoms with Gasteiger partial charge in [0.2, 0.25) is 0 Å². The number of para-hydroxylation sites is 2. The molecule has 0 unspecified atom stereocenters. The number of benzene rings is 2. The molecular weight excluding hydrogens is 362 g/mol. The van der Waals surface area contributed by atoms with Crippen LogP contribution in [0, 0.1) is 0 Å². The summed E-state index contributed by atoms with van der Waals surface area (Å²) in [5.41, 5.74) is 2.54. The molecule has 0 N–H and O–H groups in total. The summed E-state index contributed by atoms with van der Waals surface area (Å²) >= 11 is 1.54. The van der Waals surface area contributed by atoms with Crippen molar-refractivity contribution in [1.82, 2.24) is 4.98 Å². The number of hydrogen-bond acceptors (Lipinski definition) is 6. The number of fused-ring (bicyclic) bond motifs is 1. The van der Waals surface area contributed by atoms with Gasteiger partial charge in [0.25, 0.3) is 0 Å². The highest BCUT2D eigenvalue weighted by Crippen LogP contribution is 2.36. The fourth-order valence-electron chi connectivity index (χ4n) is 2.81. The molecule has 27 heavy (non-hydrogen) atoms. The van der Waals surface area contributed by atoms with Crippen LogP contribution in [0.2, 0.25) is 0 Å². The molecule has 0 saturated carbocycles. The molecule has 6 heteroatoms. The molecule has 0 amide bonds. The van der Waals surface area contributed by atoms with Crippen molar-refractivity contribution in [2.75, 3.05) is 13.7 Å². The fourth-order valence-corrected chi connectivity index (χ4v) is 3.82. The molecule has 0 fully saturated rings. The van der Waals surface area contributed by atoms with E-state index in [0.717, 1.165) is 26.4 Å². The first-order valence-electron chi connectivity index (χ1n) is 8.68. The molecule has 0 aliphatic carbocycles. The molecule has 2 aromatic carbocycles. The van der Waals surface area contributed by atoms with Gasteiger partial charge < -0.3 is 19.4 Å². The molecule has 1 aromatic heterocycles. The van der Waals surface area contributed by atoms with Gasteiger partial charge in [0.05, 0.1) is 23.9 Å². The molecule has 0 radical (unpaired) electrons. The van der Waals surface area contributed by atoms with Crippen LogP contribution in [0.25, 0.3) is 21.9 Å². The summed E-state index contributed by atoms with van der Waals surface area (Å²) in [6.45, 7) is 2.44. The summed E-state index contributed by atoms with van der Waals surface area (Å²) in [5.74, 6) is 0.181. The Kier molecular flexibility index (Phi) is 6.08. The minimum Gasteiger partial charge on any atom is -0.550 e. The summed E-state index contributed by atoms with van der Waals surface area (Å²) in [6, 6.07) is 13.5. The maximum atomic E-state index is 11.0. The van der Waals surface area contributed by atoms with E-state index >= 15 is 0 Å². The monoisotopic (exact) mass is 382 g/mol. The third-order valence-electron chi connectivity index (χ3n) is 4.01. The van der Waals surface area contributed by atoms with Crippen molar-refractivity contribution in [1.29, 1.82) is 0 Å². The van der Waals surface area contributed by atoms with E-state index < -0.39 is 5.97 Å². The predicted octanol–water partition coefficient (Wildman–Crippen LogP) is 3.77. The Balaban J connectivity index is 2.07. The van der Waals surface area contributed by atoms with E-state index in [2.05, 4.69) is 4.98 Å². The van der Waals surface area contributed by atoms with Crippen LogP contribution >= 0.6 is 11.3 Å². The Morgan fingerprint density at radius 1 is 1.19 bits per heavy atom. The van der Waals surface area contributed by atoms with Crippen molar-refractivity contribution in [2.45, 2.75) is 19.8 Å². The van der Waals surface area contributed by atoms with E-state index in [-0.39, 0.29) is 6.42 Å². The number of methoxy groups -OCH3 is 1. The number of aliphatic carboxylic acids is 1. The Labute approximate surface area is 161 Å². The third kappa shape index (κ3) is 4.46. The lowest BCUT2D eigenvalue weighted by atomic mass is 10.1. The van der Waals surface area contributed by atoms with Gasteiger partial charge in [0, 0.05) is 11.5 Å². The molecule has 0 aliphatic heterocycles. The molecule has 0 atom stereocenters. The maximum absolute atomic E-state index is 11.0. The third-order valence-corrected chi connectivity index (χ3v) is 5.12. The van der Waals surface area contributed by atoms with Gasteiger partial charge in [-0.1, -0.05) is 24.3 Å². The lowest BCUT2D eigenvalue weighted by molar-refractivity contribution is -0.305. The van der Waals surface area contributed by atoms with E-state index in [1.807, 2.05) is 55.5 Å². The minimum atomic E-state index is -1.09. The van der Waals surface area contributed by atoms with Gasteiger partial charge in [-0.05, 0) is 49.6 Å². The Morgan fingerprint density at radius 2 is 2.00 bits per heavy atom. The number of aromatic nitrogens is 1. The predicted molar refractivity (Wildman–Crippen MR) is 106 cm³/mol. The van der Waals surface area contributed by atoms with Crippen LogP contribution in [0.4, 0.5) is 0 Å². The van der Waals surface area contributed by atoms with Crippen molar-refractivity contribution in [3.63, 3.8) is 0 Å². The number of carbonyl (C=O) groups excluding carboxylic acids is 1. The Morgan fingerprint density at radius 3 is 2.70 bits per heavy atom. The first-order valence-corrected chi connectivity index (χ1v) is 9.50. The average Bonchev–Trinajstić information content (AvgIpc) is 3.09. The summed E-state index contributed by atoms with van der Waals surface area (Å²) in [6.07, 6.45) is 2.17. The van der Waals surface area contributed by atoms with Gasteiger partial charge in [-0.15, -0.1) is 11.3 Å². The number of nitrogens with zero attached hydrogens (tertiary/aromatic N) is 1. The highest BCUT2D eigenvalue weighted by atomic mass is 32.1. The van der Waals surface area contributed by atoms with Crippen molar-refractivity contribution < 1.29 is 19.4 Å². The minimum absolute atomic E-state index is 0.0742. The lowest BCUT2D eigenvalue weighted by Crippen LogP contribution is -2.21. The molecular formula is C21H20NO4S-. The van der Waals surface area contributed by atoms with Crippen LogP contribution in [-0.4, -0.2) is 24.7 Å². The average molecular weight is 382 g/mol. The number of carboxylic acids is 1. The molecule has 140 valence electrons. The maximum Gasteiger partial charge on any atom is 0.167 e. The van der Waals surface area contributed by atoms with Crippen LogP contribution < -0.4 is 14.6 Å². The van der Waals surface area contributed by atoms with Crippen molar-refractivity contribution in [3.8, 4) is 11.5 Å². The van der Waals surface area contributed by atoms with E-state index in [1.165, 1.54) is 11.3 Å². The standard InChI is InChI=1S/C21H21NO4S/c1-3-26-17-9-6-7-14(20(17)25-2)13-15(11-12-19(23)24)21-22-16-8-4-5-10-18(16)27-21/h4-10,13H,3,11-12H2,1-2H3,(H,23,24)/p-1/b15-13+. The highest BCUT2D eigenvalue weighted by molar-refractivity contribution is 7.19. The molecule has 0 saturated heterocycles. The molecule has 3 aromatic rings. The SMILES string of the molecule is CCOc1cccc(/C=C(\CCC(=O)[O-])c2nc3ccccc3s2)c1OC. The van der Waals surface area contributed by atoms with Gasteiger partial charge in [-0.25, -0.2) is 4.98 Å². The lowest BCUT2D eigenvalue weighted by Gasteiger charge is -2.13. The fraction of sp³-hybridized carbons (Fsp3) is 0.238. The van der Waals surface area contributed by atoms with E-state index in [9.17, 15) is 9.90 Å². The van der Waals surface area contributed by atoms with Crippen molar-refractivity contribution >= 4 is 39.2 Å². The summed E-state index contributed by atoms with van der Waals surface area (Å²) in [4.78, 5) is 15.7. The molecule has 0 spiro atoms. The van der Waals surface area contributed by atoms with Crippen LogP contribution in [0.3, 0.4) is 0 Å². The Hall–Kier alpha value is -2.86. The zero-order chi connectivity index (χ0) is 19.2. The van der Waals surface area contributed by atoms with Crippen LogP contribution in [0.5, 0.6) is 11.5 Å². The number of ether oxygens (including phenoxy) is 2. The number of carbonyl (C=O) groups is 1. The number of carboxylic acid groups (broad SMARTS) is 1. The summed E-state index contributed by atoms with van der Waals surface area (Å²) < 4.78 is 12.2. The van der Waals surface area contributed by atoms with Crippen molar-refractivity contribution in [3.05, 3.63) is 53.0 Å². The highest BCUT2D eigenvalue weighted by Gasteiger charge is 2.13. The molecule has 0 aliphatic rings. The topological polar surface area (TPSA) is 71.5 Å². The first kappa shape index (κ1) is 18.9. The molecule has 0 bridgehead atoms. The van der Waals surface area contributed by atoms with E-state index in [0.29, 0.717) is 24.5 Å². The Bertz CT molecular complexity index is 944. The van der Waals surface area contributed by atoms with Gasteiger partial charge >= 0.3 is 0 Å². The summed E-state index contributed by atoms with van der Waals surface area (Å²) in [5, 5.41) is 11.8. The quantitative estimate of drug-likeness (QED) is 0.593. The van der Waals surface area contributed by atoms with Gasteiger partial charge in [-0.2, -0.15) is 0 Å². The van der Waals surface area contributed by atoms with Crippen LogP contribution in [-0.2, 0) is 4.79 Å². The number of allylic oxidation sites excluding steroid dienone is 1. The normalized spacial score (nSPS) is 11.6. The first-order chi connectivity index (χ1) is 13.1. The number of rotatable bonds is 8. The number of thiazole rings is 1. The van der Waals surface area contributed by atoms with Crippen LogP contribution in [0.15, 0.2) is 42.5 Å². The van der Waals surface area contributed by atoms with E-state index in [1.54, 1.807) is 7.11 Å². The van der Waals surface area contributed by atoms with Gasteiger partial charge in [-0.3, -0.25) is 0 Å². The second kappa shape index (κ2) is 8.68. The molecule has 5 nitrogen and oxygen atoms in total. The number of hydrogen-bond donors (Lipinski definition) is 0. The zero-order valence-corrected chi connectivity index (χ0v) is 16.0. The second-order valence-corrected chi connectivity index (χ2v) is 6.87. The van der Waals surface area contributed by atoms with Gasteiger partial charge in [0.15, 0.2) is 11.5 Å². The largest absolute Gasteiger partial charge is 0.550 e. The summed E-state index contributed by atoms with van der Waals surface area (Å²) in [7, 11) is 1.59. The van der Waals surface area contributed by atoms with Gasteiger partial charge in [0.1, 0.15) is 5.01 Å².